The van der Waals surface area contributed by atoms with Crippen molar-refractivity contribution in [3.05, 3.63) is 58.0 Å². The summed E-state index contributed by atoms with van der Waals surface area (Å²) in [6.45, 7) is 3.12. The van der Waals surface area contributed by atoms with Crippen molar-refractivity contribution in [3.63, 3.8) is 0 Å². The summed E-state index contributed by atoms with van der Waals surface area (Å²) in [5.41, 5.74) is 5.04. The van der Waals surface area contributed by atoms with Crippen molar-refractivity contribution in [2.45, 2.75) is 23.6 Å². The summed E-state index contributed by atoms with van der Waals surface area (Å²) in [7, 11) is -9.28. The fraction of sp³-hybridized carbons (Fsp3) is 0.118. The molecule has 12 nitrogen and oxygen atoms in total. The molecular weight excluding hydrogens is 450 g/mol. The SMILES string of the molecule is Cc1ccc(S(=O)(=O)O)c(-n2[nH]c(C)c(N=Nc3cc(N)ccc3S(=O)(=O)O)c2=O)c1. The predicted octanol–water partition coefficient (Wildman–Crippen LogP) is 2.27. The third-order valence-corrected chi connectivity index (χ3v) is 5.99. The Morgan fingerprint density at radius 2 is 1.55 bits per heavy atom. The van der Waals surface area contributed by atoms with E-state index < -0.39 is 35.6 Å². The minimum absolute atomic E-state index is 0.139. The largest absolute Gasteiger partial charge is 0.399 e. The number of nitrogen functional groups attached to an aromatic ring is 1. The van der Waals surface area contributed by atoms with E-state index in [9.17, 15) is 30.7 Å². The van der Waals surface area contributed by atoms with Gasteiger partial charge in [0.2, 0.25) is 0 Å². The number of anilines is 1. The monoisotopic (exact) mass is 467 g/mol. The van der Waals surface area contributed by atoms with E-state index in [1.165, 1.54) is 25.1 Å². The number of nitrogens with two attached hydrogens (primary N) is 1. The first-order valence-corrected chi connectivity index (χ1v) is 11.4. The van der Waals surface area contributed by atoms with E-state index >= 15 is 0 Å². The first kappa shape index (κ1) is 22.4. The van der Waals surface area contributed by atoms with Crippen LogP contribution in [0.5, 0.6) is 0 Å². The van der Waals surface area contributed by atoms with Gasteiger partial charge in [-0.2, -0.15) is 16.8 Å². The molecule has 0 aliphatic carbocycles. The molecule has 1 heterocycles. The summed E-state index contributed by atoms with van der Waals surface area (Å²) in [4.78, 5) is 11.8. The van der Waals surface area contributed by atoms with Gasteiger partial charge in [-0.3, -0.25) is 19.0 Å². The van der Waals surface area contributed by atoms with Crippen molar-refractivity contribution in [2.75, 3.05) is 5.73 Å². The highest BCUT2D eigenvalue weighted by Gasteiger charge is 2.21. The van der Waals surface area contributed by atoms with Crippen molar-refractivity contribution in [3.8, 4) is 5.69 Å². The minimum Gasteiger partial charge on any atom is -0.399 e. The smallest absolute Gasteiger partial charge is 0.299 e. The summed E-state index contributed by atoms with van der Waals surface area (Å²) >= 11 is 0. The van der Waals surface area contributed by atoms with Crippen LogP contribution in [0.2, 0.25) is 0 Å². The minimum atomic E-state index is -4.64. The molecular formula is C17H17N5O7S2. The molecule has 2 aromatic carbocycles. The van der Waals surface area contributed by atoms with Gasteiger partial charge in [0.05, 0.1) is 11.4 Å². The Bertz CT molecular complexity index is 1490. The van der Waals surface area contributed by atoms with E-state index in [0.717, 1.165) is 22.9 Å². The van der Waals surface area contributed by atoms with E-state index in [-0.39, 0.29) is 28.4 Å². The number of hydrogen-bond donors (Lipinski definition) is 4. The Balaban J connectivity index is 2.18. The van der Waals surface area contributed by atoms with Crippen LogP contribution in [0.1, 0.15) is 11.3 Å². The van der Waals surface area contributed by atoms with Crippen molar-refractivity contribution >= 4 is 37.3 Å². The van der Waals surface area contributed by atoms with E-state index in [4.69, 9.17) is 5.73 Å². The molecule has 0 saturated carbocycles. The number of azo groups is 1. The lowest BCUT2D eigenvalue weighted by molar-refractivity contribution is 0.480. The van der Waals surface area contributed by atoms with Crippen LogP contribution < -0.4 is 11.3 Å². The molecule has 164 valence electrons. The quantitative estimate of drug-likeness (QED) is 0.249. The Kier molecular flexibility index (Phi) is 5.58. The summed E-state index contributed by atoms with van der Waals surface area (Å²) in [6, 6.07) is 7.39. The van der Waals surface area contributed by atoms with E-state index in [0.29, 0.717) is 5.56 Å². The first-order chi connectivity index (χ1) is 14.3. The molecule has 5 N–H and O–H groups in total. The second-order valence-corrected chi connectivity index (χ2v) is 9.35. The molecule has 0 fully saturated rings. The molecule has 0 radical (unpaired) electrons. The third kappa shape index (κ3) is 4.56. The highest BCUT2D eigenvalue weighted by molar-refractivity contribution is 7.86. The lowest BCUT2D eigenvalue weighted by Crippen LogP contribution is -2.17. The molecule has 3 aromatic rings. The van der Waals surface area contributed by atoms with Gasteiger partial charge in [-0.05, 0) is 49.7 Å². The molecule has 0 atom stereocenters. The lowest BCUT2D eigenvalue weighted by atomic mass is 10.2. The lowest BCUT2D eigenvalue weighted by Gasteiger charge is -2.08. The molecule has 0 aliphatic rings. The summed E-state index contributed by atoms with van der Waals surface area (Å²) in [5, 5.41) is 10.1. The maximum Gasteiger partial charge on any atom is 0.299 e. The number of H-pyrrole nitrogens is 1. The highest BCUT2D eigenvalue weighted by atomic mass is 32.2. The van der Waals surface area contributed by atoms with Crippen molar-refractivity contribution in [2.24, 2.45) is 10.2 Å². The number of aromatic nitrogens is 2. The molecule has 14 heteroatoms. The van der Waals surface area contributed by atoms with Crippen LogP contribution in [0.15, 0.2) is 61.2 Å². The molecule has 0 amide bonds. The number of nitrogens with one attached hydrogen (secondary N) is 1. The van der Waals surface area contributed by atoms with Crippen LogP contribution >= 0.6 is 0 Å². The number of nitrogens with zero attached hydrogens (tertiary/aromatic N) is 3. The number of aryl methyl sites for hydroxylation is 2. The summed E-state index contributed by atoms with van der Waals surface area (Å²) < 4.78 is 66.1. The zero-order valence-corrected chi connectivity index (χ0v) is 17.8. The number of aromatic amines is 1. The van der Waals surface area contributed by atoms with Gasteiger partial charge in [-0.15, -0.1) is 10.2 Å². The van der Waals surface area contributed by atoms with Crippen LogP contribution in [0, 0.1) is 13.8 Å². The van der Waals surface area contributed by atoms with Crippen molar-refractivity contribution in [1.82, 2.24) is 9.78 Å². The second-order valence-electron chi connectivity index (χ2n) is 6.57. The topological polar surface area (TPSA) is 197 Å². The molecule has 1 aromatic heterocycles. The fourth-order valence-electron chi connectivity index (χ4n) is 2.78. The molecule has 0 saturated heterocycles. The Hall–Kier alpha value is -3.33. The number of rotatable bonds is 5. The van der Waals surface area contributed by atoms with Crippen LogP contribution in [-0.2, 0) is 20.2 Å². The van der Waals surface area contributed by atoms with Crippen LogP contribution in [-0.4, -0.2) is 35.7 Å². The van der Waals surface area contributed by atoms with Gasteiger partial charge in [0, 0.05) is 5.69 Å². The predicted molar refractivity (Wildman–Crippen MR) is 111 cm³/mol. The maximum atomic E-state index is 12.9. The first-order valence-electron chi connectivity index (χ1n) is 8.48. The third-order valence-electron chi connectivity index (χ3n) is 4.19. The van der Waals surface area contributed by atoms with Gasteiger partial charge in [0.1, 0.15) is 15.5 Å². The van der Waals surface area contributed by atoms with Crippen LogP contribution in [0.25, 0.3) is 5.69 Å². The molecule has 3 rings (SSSR count). The average molecular weight is 467 g/mol. The molecule has 31 heavy (non-hydrogen) atoms. The highest BCUT2D eigenvalue weighted by Crippen LogP contribution is 2.29. The van der Waals surface area contributed by atoms with Gasteiger partial charge in [0.15, 0.2) is 5.69 Å². The van der Waals surface area contributed by atoms with Gasteiger partial charge >= 0.3 is 0 Å². The van der Waals surface area contributed by atoms with Gasteiger partial charge in [0.25, 0.3) is 25.8 Å². The van der Waals surface area contributed by atoms with E-state index in [1.807, 2.05) is 0 Å². The maximum absolute atomic E-state index is 12.9. The van der Waals surface area contributed by atoms with Crippen LogP contribution in [0.4, 0.5) is 17.1 Å². The van der Waals surface area contributed by atoms with Gasteiger partial charge < -0.3 is 5.73 Å². The van der Waals surface area contributed by atoms with E-state index in [2.05, 4.69) is 15.3 Å². The molecule has 0 spiro atoms. The Morgan fingerprint density at radius 3 is 2.16 bits per heavy atom. The van der Waals surface area contributed by atoms with Gasteiger partial charge in [-0.25, -0.2) is 4.68 Å². The zero-order chi connectivity index (χ0) is 23.1. The van der Waals surface area contributed by atoms with E-state index in [1.54, 1.807) is 6.92 Å². The molecule has 0 unspecified atom stereocenters. The second kappa shape index (κ2) is 7.73. The summed E-state index contributed by atoms with van der Waals surface area (Å²) in [5.74, 6) is 0. The Labute approximate surface area is 176 Å². The molecule has 0 aliphatic heterocycles. The summed E-state index contributed by atoms with van der Waals surface area (Å²) in [6.07, 6.45) is 0. The molecule has 0 bridgehead atoms. The number of benzene rings is 2. The zero-order valence-electron chi connectivity index (χ0n) is 16.1. The average Bonchev–Trinajstić information content (AvgIpc) is 2.91. The normalized spacial score (nSPS) is 12.5. The van der Waals surface area contributed by atoms with Crippen molar-refractivity contribution < 1.29 is 25.9 Å². The van der Waals surface area contributed by atoms with Crippen molar-refractivity contribution in [1.29, 1.82) is 0 Å². The number of hydrogen-bond acceptors (Lipinski definition) is 8. The van der Waals surface area contributed by atoms with Gasteiger partial charge in [-0.1, -0.05) is 6.07 Å². The van der Waals surface area contributed by atoms with Crippen LogP contribution in [0.3, 0.4) is 0 Å². The fourth-order valence-corrected chi connectivity index (χ4v) is 4.04. The standard InChI is InChI=1S/C17H17N5O7S2/c1-9-3-5-15(31(27,28)29)13(7-9)22-17(23)16(10(2)21-22)20-19-12-8-11(18)4-6-14(12)30(24,25)26/h3-8,21H,18H2,1-2H3,(H,24,25,26)(H,27,28,29). The Morgan fingerprint density at radius 1 is 0.935 bits per heavy atom.